The second kappa shape index (κ2) is 5.73. The van der Waals surface area contributed by atoms with Crippen LogP contribution in [-0.4, -0.2) is 27.2 Å². The van der Waals surface area contributed by atoms with E-state index < -0.39 is 12.2 Å². The van der Waals surface area contributed by atoms with Crippen molar-refractivity contribution in [1.29, 1.82) is 0 Å². The highest BCUT2D eigenvalue weighted by Crippen LogP contribution is 2.25. The maximum atomic E-state index is 12.6. The van der Waals surface area contributed by atoms with Crippen LogP contribution in [0.1, 0.15) is 6.92 Å². The first kappa shape index (κ1) is 15.6. The minimum absolute atomic E-state index is 0.338. The van der Waals surface area contributed by atoms with E-state index in [1.165, 1.54) is 10.9 Å². The number of benzene rings is 2. The number of rotatable bonds is 3. The van der Waals surface area contributed by atoms with Gasteiger partial charge in [0.25, 0.3) is 0 Å². The molecular weight excluding hydrogens is 329 g/mol. The van der Waals surface area contributed by atoms with E-state index in [4.69, 9.17) is 11.6 Å². The fourth-order valence-electron chi connectivity index (χ4n) is 2.03. The van der Waals surface area contributed by atoms with Gasteiger partial charge in [0.2, 0.25) is 0 Å². The zero-order chi connectivity index (χ0) is 16.6. The first-order valence-electron chi connectivity index (χ1n) is 6.79. The largest absolute Gasteiger partial charge is 0.408 e. The summed E-state index contributed by atoms with van der Waals surface area (Å²) in [7, 11) is 0. The standard InChI is InChI=1S/C15H12ClF3N4/c1-9(15(17,18)19)20-11-4-7-13-14(8-11)22-23(21-13)12-5-2-10(16)3-6-12/h2-9,20H,1H3. The molecule has 1 unspecified atom stereocenters. The minimum Gasteiger partial charge on any atom is -0.374 e. The SMILES string of the molecule is CC(Nc1ccc2nn(-c3ccc(Cl)cc3)nc2c1)C(F)(F)F. The van der Waals surface area contributed by atoms with Gasteiger partial charge >= 0.3 is 6.18 Å². The first-order chi connectivity index (χ1) is 10.8. The van der Waals surface area contributed by atoms with Crippen LogP contribution >= 0.6 is 11.6 Å². The smallest absolute Gasteiger partial charge is 0.374 e. The summed E-state index contributed by atoms with van der Waals surface area (Å²) in [6.45, 7) is 1.06. The van der Waals surface area contributed by atoms with Crippen LogP contribution in [0.4, 0.5) is 18.9 Å². The van der Waals surface area contributed by atoms with Gasteiger partial charge in [-0.2, -0.15) is 18.0 Å². The fourth-order valence-corrected chi connectivity index (χ4v) is 2.15. The molecule has 0 saturated carbocycles. The van der Waals surface area contributed by atoms with Crippen molar-refractivity contribution in [3.63, 3.8) is 0 Å². The van der Waals surface area contributed by atoms with Crippen LogP contribution < -0.4 is 5.32 Å². The number of hydrogen-bond acceptors (Lipinski definition) is 3. The Labute approximate surface area is 134 Å². The van der Waals surface area contributed by atoms with Crippen molar-refractivity contribution in [2.75, 3.05) is 5.32 Å². The van der Waals surface area contributed by atoms with E-state index in [-0.39, 0.29) is 0 Å². The van der Waals surface area contributed by atoms with Gasteiger partial charge in [-0.1, -0.05) is 11.6 Å². The van der Waals surface area contributed by atoms with Crippen molar-refractivity contribution < 1.29 is 13.2 Å². The molecule has 1 atom stereocenters. The molecule has 2 aromatic carbocycles. The van der Waals surface area contributed by atoms with Gasteiger partial charge in [-0.05, 0) is 49.4 Å². The molecule has 23 heavy (non-hydrogen) atoms. The highest BCUT2D eigenvalue weighted by molar-refractivity contribution is 6.30. The Morgan fingerprint density at radius 2 is 1.70 bits per heavy atom. The van der Waals surface area contributed by atoms with Crippen molar-refractivity contribution in [2.24, 2.45) is 0 Å². The first-order valence-corrected chi connectivity index (χ1v) is 7.17. The number of aromatic nitrogens is 3. The average molecular weight is 341 g/mol. The van der Waals surface area contributed by atoms with Crippen molar-refractivity contribution in [1.82, 2.24) is 15.0 Å². The van der Waals surface area contributed by atoms with Crippen LogP contribution in [0.2, 0.25) is 5.02 Å². The number of nitrogens with one attached hydrogen (secondary N) is 1. The third-order valence-corrected chi connectivity index (χ3v) is 3.56. The van der Waals surface area contributed by atoms with Gasteiger partial charge in [0.1, 0.15) is 17.1 Å². The van der Waals surface area contributed by atoms with Crippen LogP contribution in [0.25, 0.3) is 16.7 Å². The van der Waals surface area contributed by atoms with Gasteiger partial charge in [-0.15, -0.1) is 10.2 Å². The number of fused-ring (bicyclic) bond motifs is 1. The normalized spacial score (nSPS) is 13.3. The van der Waals surface area contributed by atoms with Gasteiger partial charge in [-0.3, -0.25) is 0 Å². The summed E-state index contributed by atoms with van der Waals surface area (Å²) in [6.07, 6.45) is -4.31. The van der Waals surface area contributed by atoms with Crippen molar-refractivity contribution in [2.45, 2.75) is 19.1 Å². The van der Waals surface area contributed by atoms with Crippen LogP contribution in [0, 0.1) is 0 Å². The molecule has 1 heterocycles. The van der Waals surface area contributed by atoms with Crippen LogP contribution in [0.15, 0.2) is 42.5 Å². The van der Waals surface area contributed by atoms with E-state index in [0.717, 1.165) is 6.92 Å². The zero-order valence-electron chi connectivity index (χ0n) is 12.0. The summed E-state index contributed by atoms with van der Waals surface area (Å²) in [5.41, 5.74) is 2.14. The van der Waals surface area contributed by atoms with Gasteiger partial charge in [0, 0.05) is 10.7 Å². The van der Waals surface area contributed by atoms with Crippen molar-refractivity contribution in [3.05, 3.63) is 47.5 Å². The van der Waals surface area contributed by atoms with E-state index in [1.54, 1.807) is 36.4 Å². The van der Waals surface area contributed by atoms with Crippen molar-refractivity contribution in [3.8, 4) is 5.69 Å². The molecule has 0 spiro atoms. The Kier molecular flexibility index (Phi) is 3.89. The molecule has 0 amide bonds. The summed E-state index contributed by atoms with van der Waals surface area (Å²) < 4.78 is 37.8. The van der Waals surface area contributed by atoms with Crippen LogP contribution in [-0.2, 0) is 0 Å². The zero-order valence-corrected chi connectivity index (χ0v) is 12.7. The molecule has 120 valence electrons. The lowest BCUT2D eigenvalue weighted by Gasteiger charge is -2.18. The number of alkyl halides is 3. The van der Waals surface area contributed by atoms with Gasteiger partial charge in [0.05, 0.1) is 5.69 Å². The lowest BCUT2D eigenvalue weighted by atomic mass is 10.2. The molecule has 0 bridgehead atoms. The Morgan fingerprint density at radius 3 is 2.35 bits per heavy atom. The Hall–Kier alpha value is -2.28. The Balaban J connectivity index is 1.90. The summed E-state index contributed by atoms with van der Waals surface area (Å²) in [5, 5.41) is 11.6. The topological polar surface area (TPSA) is 42.7 Å². The molecule has 0 radical (unpaired) electrons. The number of anilines is 1. The van der Waals surface area contributed by atoms with Gasteiger partial charge in [0.15, 0.2) is 0 Å². The summed E-state index contributed by atoms with van der Waals surface area (Å²) >= 11 is 5.83. The summed E-state index contributed by atoms with van der Waals surface area (Å²) in [4.78, 5) is 1.41. The van der Waals surface area contributed by atoms with Crippen LogP contribution in [0.3, 0.4) is 0 Å². The molecular formula is C15H12ClF3N4. The summed E-state index contributed by atoms with van der Waals surface area (Å²) in [6, 6.07) is 10.00. The molecule has 8 heteroatoms. The van der Waals surface area contributed by atoms with Crippen molar-refractivity contribution >= 4 is 28.3 Å². The van der Waals surface area contributed by atoms with Crippen LogP contribution in [0.5, 0.6) is 0 Å². The van der Waals surface area contributed by atoms with E-state index in [0.29, 0.717) is 27.4 Å². The Bertz CT molecular complexity index is 827. The molecule has 3 rings (SSSR count). The molecule has 1 aromatic heterocycles. The predicted octanol–water partition coefficient (Wildman–Crippen LogP) is 4.44. The van der Waals surface area contributed by atoms with E-state index in [2.05, 4.69) is 15.5 Å². The number of hydrogen-bond donors (Lipinski definition) is 1. The minimum atomic E-state index is -4.31. The Morgan fingerprint density at radius 1 is 1.04 bits per heavy atom. The van der Waals surface area contributed by atoms with Gasteiger partial charge < -0.3 is 5.32 Å². The quantitative estimate of drug-likeness (QED) is 0.766. The second-order valence-electron chi connectivity index (χ2n) is 5.08. The second-order valence-corrected chi connectivity index (χ2v) is 5.51. The van der Waals surface area contributed by atoms with E-state index in [1.807, 2.05) is 0 Å². The fraction of sp³-hybridized carbons (Fsp3) is 0.200. The predicted molar refractivity (Wildman–Crippen MR) is 83.0 cm³/mol. The molecule has 0 aliphatic heterocycles. The monoisotopic (exact) mass is 340 g/mol. The maximum Gasteiger partial charge on any atom is 0.408 e. The maximum absolute atomic E-state index is 12.6. The third-order valence-electron chi connectivity index (χ3n) is 3.31. The third kappa shape index (κ3) is 3.39. The molecule has 0 fully saturated rings. The molecule has 0 saturated heterocycles. The number of halogens is 4. The molecule has 1 N–H and O–H groups in total. The van der Waals surface area contributed by atoms with Gasteiger partial charge in [-0.25, -0.2) is 0 Å². The van der Waals surface area contributed by atoms with E-state index in [9.17, 15) is 13.2 Å². The number of nitrogens with zero attached hydrogens (tertiary/aromatic N) is 3. The molecule has 4 nitrogen and oxygen atoms in total. The highest BCUT2D eigenvalue weighted by atomic mass is 35.5. The lowest BCUT2D eigenvalue weighted by Crippen LogP contribution is -2.32. The van der Waals surface area contributed by atoms with E-state index >= 15 is 0 Å². The molecule has 0 aliphatic rings. The lowest BCUT2D eigenvalue weighted by molar-refractivity contribution is -0.138. The molecule has 0 aliphatic carbocycles. The molecule has 3 aromatic rings. The summed E-state index contributed by atoms with van der Waals surface area (Å²) in [5.74, 6) is 0. The highest BCUT2D eigenvalue weighted by Gasteiger charge is 2.35. The average Bonchev–Trinajstić information content (AvgIpc) is 2.90.